The number of nitrogens with one attached hydrogen (secondary N) is 1. The lowest BCUT2D eigenvalue weighted by atomic mass is 9.94. The number of fused-ring (bicyclic) bond motifs is 4. The highest BCUT2D eigenvalue weighted by Crippen LogP contribution is 2.45. The molecule has 4 fully saturated rings. The molecule has 0 aliphatic carbocycles. The second-order valence-electron chi connectivity index (χ2n) is 12.5. The molecular formula is C30H34ClF4N7O2. The van der Waals surface area contributed by atoms with Crippen molar-refractivity contribution in [3.63, 3.8) is 0 Å². The van der Waals surface area contributed by atoms with Crippen LogP contribution in [0.2, 0.25) is 5.02 Å². The third kappa shape index (κ3) is 5.01. The second kappa shape index (κ2) is 10.8. The highest BCUT2D eigenvalue weighted by atomic mass is 35.5. The van der Waals surface area contributed by atoms with Crippen molar-refractivity contribution >= 4 is 34.1 Å². The minimum Gasteiger partial charge on any atom is -0.461 e. The summed E-state index contributed by atoms with van der Waals surface area (Å²) in [4.78, 5) is 17.6. The quantitative estimate of drug-likeness (QED) is 0.364. The molecule has 0 amide bonds. The van der Waals surface area contributed by atoms with Crippen LogP contribution in [-0.2, 0) is 10.9 Å². The molecule has 0 saturated carbocycles. The van der Waals surface area contributed by atoms with E-state index in [2.05, 4.69) is 25.1 Å². The summed E-state index contributed by atoms with van der Waals surface area (Å²) < 4.78 is 71.3. The van der Waals surface area contributed by atoms with Crippen molar-refractivity contribution in [2.45, 2.75) is 68.9 Å². The van der Waals surface area contributed by atoms with Gasteiger partial charge >= 0.3 is 12.2 Å². The van der Waals surface area contributed by atoms with Gasteiger partial charge in [-0.3, -0.25) is 4.90 Å². The van der Waals surface area contributed by atoms with Crippen LogP contribution in [0.25, 0.3) is 22.2 Å². The van der Waals surface area contributed by atoms with Crippen LogP contribution in [-0.4, -0.2) is 83.5 Å². The first-order chi connectivity index (χ1) is 21.0. The predicted molar refractivity (Wildman–Crippen MR) is 158 cm³/mol. The van der Waals surface area contributed by atoms with Gasteiger partial charge < -0.3 is 25.4 Å². The number of alkyl halides is 3. The summed E-state index contributed by atoms with van der Waals surface area (Å²) in [5.41, 5.74) is 2.92. The molecule has 6 heterocycles. The number of anilines is 2. The van der Waals surface area contributed by atoms with Crippen molar-refractivity contribution in [2.75, 3.05) is 50.5 Å². The third-order valence-corrected chi connectivity index (χ3v) is 9.99. The Morgan fingerprint density at radius 2 is 1.89 bits per heavy atom. The molecule has 9 nitrogen and oxygen atoms in total. The summed E-state index contributed by atoms with van der Waals surface area (Å²) in [5.74, 6) is -0.787. The van der Waals surface area contributed by atoms with E-state index in [1.807, 2.05) is 0 Å². The van der Waals surface area contributed by atoms with Crippen LogP contribution in [0.1, 0.15) is 43.2 Å². The summed E-state index contributed by atoms with van der Waals surface area (Å²) in [7, 11) is 1.70. The molecule has 4 aliphatic rings. The van der Waals surface area contributed by atoms with E-state index in [0.717, 1.165) is 51.3 Å². The molecule has 4 atom stereocenters. The Balaban J connectivity index is 1.36. The zero-order valence-corrected chi connectivity index (χ0v) is 25.2. The van der Waals surface area contributed by atoms with Crippen LogP contribution in [0, 0.1) is 12.7 Å². The minimum atomic E-state index is -4.83. The number of halogens is 5. The van der Waals surface area contributed by atoms with E-state index in [1.165, 1.54) is 13.0 Å². The van der Waals surface area contributed by atoms with E-state index in [4.69, 9.17) is 31.8 Å². The van der Waals surface area contributed by atoms with Gasteiger partial charge in [-0.05, 0) is 63.3 Å². The second-order valence-corrected chi connectivity index (χ2v) is 12.9. The number of aryl methyl sites for hydroxylation is 1. The molecular weight excluding hydrogens is 602 g/mol. The Bertz CT molecular complexity index is 1610. The van der Waals surface area contributed by atoms with Crippen LogP contribution >= 0.6 is 11.6 Å². The maximum Gasteiger partial charge on any atom is 0.418 e. The third-order valence-electron chi connectivity index (χ3n) is 9.69. The molecule has 236 valence electrons. The topological polar surface area (TPSA) is 102 Å². The number of rotatable bonds is 6. The number of nitrogens with two attached hydrogens (primary N) is 1. The summed E-state index contributed by atoms with van der Waals surface area (Å²) in [5, 5.41) is 3.62. The number of piperazine rings is 1. The van der Waals surface area contributed by atoms with Crippen molar-refractivity contribution < 1.29 is 27.0 Å². The number of aromatic nitrogens is 3. The number of benzene rings is 1. The Morgan fingerprint density at radius 1 is 1.14 bits per heavy atom. The van der Waals surface area contributed by atoms with Gasteiger partial charge in [0.05, 0.1) is 33.5 Å². The van der Waals surface area contributed by atoms with Gasteiger partial charge in [0, 0.05) is 44.2 Å². The Morgan fingerprint density at radius 3 is 2.59 bits per heavy atom. The summed E-state index contributed by atoms with van der Waals surface area (Å²) in [6, 6.07) is 2.97. The maximum absolute atomic E-state index is 16.7. The first kappa shape index (κ1) is 29.7. The van der Waals surface area contributed by atoms with Gasteiger partial charge in [0.2, 0.25) is 0 Å². The number of nitrogens with zero attached hydrogens (tertiary/aromatic N) is 5. The molecule has 0 radical (unpaired) electrons. The molecule has 44 heavy (non-hydrogen) atoms. The van der Waals surface area contributed by atoms with Crippen molar-refractivity contribution in [1.82, 2.24) is 25.2 Å². The largest absolute Gasteiger partial charge is 0.461 e. The molecule has 2 unspecified atom stereocenters. The van der Waals surface area contributed by atoms with Crippen molar-refractivity contribution in [2.24, 2.45) is 0 Å². The molecule has 14 heteroatoms. The number of nitrogen functional groups attached to an aromatic ring is 1. The fraction of sp³-hybridized carbons (Fsp3) is 0.567. The lowest BCUT2D eigenvalue weighted by molar-refractivity contribution is -0.137. The fourth-order valence-corrected chi connectivity index (χ4v) is 7.99. The van der Waals surface area contributed by atoms with Crippen LogP contribution < -0.4 is 20.7 Å². The van der Waals surface area contributed by atoms with Gasteiger partial charge in [-0.2, -0.15) is 23.1 Å². The zero-order chi connectivity index (χ0) is 31.0. The van der Waals surface area contributed by atoms with E-state index in [1.54, 1.807) is 7.11 Å². The smallest absolute Gasteiger partial charge is 0.418 e. The molecule has 0 spiro atoms. The van der Waals surface area contributed by atoms with Gasteiger partial charge in [-0.15, -0.1) is 0 Å². The lowest BCUT2D eigenvalue weighted by Gasteiger charge is -2.34. The average Bonchev–Trinajstić information content (AvgIpc) is 3.61. The van der Waals surface area contributed by atoms with Crippen LogP contribution in [0.15, 0.2) is 12.1 Å². The van der Waals surface area contributed by atoms with E-state index in [9.17, 15) is 13.2 Å². The Kier molecular flexibility index (Phi) is 7.30. The fourth-order valence-electron chi connectivity index (χ4n) is 7.71. The summed E-state index contributed by atoms with van der Waals surface area (Å²) in [6.45, 7) is 4.53. The van der Waals surface area contributed by atoms with Crippen LogP contribution in [0.5, 0.6) is 6.01 Å². The molecule has 1 aromatic carbocycles. The van der Waals surface area contributed by atoms with Gasteiger partial charge in [-0.1, -0.05) is 11.6 Å². The molecule has 3 N–H and O–H groups in total. The predicted octanol–water partition coefficient (Wildman–Crippen LogP) is 4.97. The first-order valence-corrected chi connectivity index (χ1v) is 15.3. The summed E-state index contributed by atoms with van der Waals surface area (Å²) in [6.07, 6.45) is 0.00609. The minimum absolute atomic E-state index is 0.0413. The average molecular weight is 636 g/mol. The lowest BCUT2D eigenvalue weighted by Crippen LogP contribution is -2.51. The molecule has 3 aromatic rings. The van der Waals surface area contributed by atoms with Crippen molar-refractivity contribution in [3.05, 3.63) is 34.1 Å². The Hall–Kier alpha value is -3.00. The van der Waals surface area contributed by atoms with E-state index >= 15 is 4.39 Å². The molecule has 4 saturated heterocycles. The van der Waals surface area contributed by atoms with Crippen LogP contribution in [0.3, 0.4) is 0 Å². The van der Waals surface area contributed by atoms with E-state index in [0.29, 0.717) is 24.3 Å². The molecule has 2 bridgehead atoms. The van der Waals surface area contributed by atoms with Gasteiger partial charge in [0.1, 0.15) is 23.8 Å². The monoisotopic (exact) mass is 635 g/mol. The SMILES string of the molecule is CO[C@@H]1CN2CCC[C@]2(COc2nc(N3CC4CCC(C3)N4)c3cc(Cl)c(-c4nc(N)cc(C)c4C(F)(F)F)c(F)c3n2)C1. The number of hydrogen-bond acceptors (Lipinski definition) is 9. The maximum atomic E-state index is 16.7. The molecule has 4 aliphatic heterocycles. The van der Waals surface area contributed by atoms with Gasteiger partial charge in [0.15, 0.2) is 5.82 Å². The van der Waals surface area contributed by atoms with Crippen molar-refractivity contribution in [1.29, 1.82) is 0 Å². The summed E-state index contributed by atoms with van der Waals surface area (Å²) >= 11 is 6.60. The van der Waals surface area contributed by atoms with Gasteiger partial charge in [-0.25, -0.2) is 9.37 Å². The Labute approximate surface area is 257 Å². The number of methoxy groups -OCH3 is 1. The van der Waals surface area contributed by atoms with Crippen molar-refractivity contribution in [3.8, 4) is 17.3 Å². The zero-order valence-electron chi connectivity index (χ0n) is 24.5. The van der Waals surface area contributed by atoms with E-state index in [-0.39, 0.29) is 58.3 Å². The number of hydrogen-bond donors (Lipinski definition) is 2. The normalized spacial score (nSPS) is 27.0. The highest BCUT2D eigenvalue weighted by molar-refractivity contribution is 6.34. The molecule has 2 aromatic heterocycles. The van der Waals surface area contributed by atoms with Crippen LogP contribution in [0.4, 0.5) is 29.2 Å². The number of pyridine rings is 1. The standard InChI is InChI=1S/C30H34ClF4N7O2/c1-15-8-21(36)38-26(23(15)30(33,34)35)22-20(31)9-19-25(24(22)32)39-28(40-27(19)41-11-16-4-5-17(12-41)37-16)44-14-29-6-3-7-42(29)13-18(10-29)43-2/h8-9,16-18,37H,3-7,10-14H2,1-2H3,(H2,36,38)/t16?,17?,18-,29+/m0/s1. The van der Waals surface area contributed by atoms with Gasteiger partial charge in [0.25, 0.3) is 0 Å². The van der Waals surface area contributed by atoms with E-state index < -0.39 is 28.8 Å². The first-order valence-electron chi connectivity index (χ1n) is 14.9. The molecule has 7 rings (SSSR count). The number of ether oxygens (including phenoxy) is 2. The highest BCUT2D eigenvalue weighted by Gasteiger charge is 2.49.